The van der Waals surface area contributed by atoms with Crippen molar-refractivity contribution in [1.82, 2.24) is 0 Å². The molecule has 0 radical (unpaired) electrons. The van der Waals surface area contributed by atoms with E-state index in [9.17, 15) is 10.0 Å². The summed E-state index contributed by atoms with van der Waals surface area (Å²) in [6.45, 7) is 3.93. The summed E-state index contributed by atoms with van der Waals surface area (Å²) >= 11 is 0. The van der Waals surface area contributed by atoms with Crippen molar-refractivity contribution in [3.8, 4) is 11.5 Å². The van der Waals surface area contributed by atoms with Crippen LogP contribution in [0.5, 0.6) is 11.5 Å². The quantitative estimate of drug-likeness (QED) is 0.664. The van der Waals surface area contributed by atoms with Gasteiger partial charge in [-0.1, -0.05) is 29.4 Å². The molecule has 3 rings (SSSR count). The molecule has 2 aromatic carbocycles. The van der Waals surface area contributed by atoms with Gasteiger partial charge in [0.05, 0.1) is 7.11 Å². The Bertz CT molecular complexity index is 845. The Balaban J connectivity index is 1.88. The van der Waals surface area contributed by atoms with Crippen LogP contribution in [0.4, 0.5) is 5.69 Å². The van der Waals surface area contributed by atoms with E-state index < -0.39 is 5.92 Å². The van der Waals surface area contributed by atoms with Crippen LogP contribution in [0.2, 0.25) is 0 Å². The van der Waals surface area contributed by atoms with Gasteiger partial charge in [0.2, 0.25) is 11.8 Å². The number of benzene rings is 2. The van der Waals surface area contributed by atoms with E-state index in [1.807, 2.05) is 44.2 Å². The fourth-order valence-electron chi connectivity index (χ4n) is 2.88. The van der Waals surface area contributed by atoms with E-state index in [0.717, 1.165) is 22.4 Å². The van der Waals surface area contributed by atoms with Crippen LogP contribution in [0, 0.1) is 19.8 Å². The van der Waals surface area contributed by atoms with Crippen molar-refractivity contribution in [3.05, 3.63) is 53.1 Å². The minimum Gasteiger partial charge on any atom is -0.493 e. The molecule has 2 N–H and O–H groups in total. The predicted molar refractivity (Wildman–Crippen MR) is 94.6 cm³/mol. The highest BCUT2D eigenvalue weighted by Gasteiger charge is 2.34. The first-order valence-electron chi connectivity index (χ1n) is 7.98. The average molecular weight is 340 g/mol. The van der Waals surface area contributed by atoms with E-state index in [-0.39, 0.29) is 11.8 Å². The summed E-state index contributed by atoms with van der Waals surface area (Å²) in [6.07, 6.45) is 0.364. The molecule has 25 heavy (non-hydrogen) atoms. The zero-order chi connectivity index (χ0) is 18.0. The molecule has 130 valence electrons. The molecular weight excluding hydrogens is 320 g/mol. The van der Waals surface area contributed by atoms with Gasteiger partial charge in [0, 0.05) is 11.3 Å². The summed E-state index contributed by atoms with van der Waals surface area (Å²) in [6, 6.07) is 11.2. The molecular formula is C19H20N2O4. The number of ether oxygens (including phenoxy) is 2. The lowest BCUT2D eigenvalue weighted by molar-refractivity contribution is -0.118. The molecule has 0 aromatic heterocycles. The van der Waals surface area contributed by atoms with Crippen LogP contribution < -0.4 is 14.8 Å². The van der Waals surface area contributed by atoms with Gasteiger partial charge in [-0.15, -0.1) is 0 Å². The smallest absolute Gasteiger partial charge is 0.244 e. The number of amides is 1. The Morgan fingerprint density at radius 1 is 1.28 bits per heavy atom. The molecule has 1 aliphatic heterocycles. The van der Waals surface area contributed by atoms with Crippen LogP contribution in [0.1, 0.15) is 16.7 Å². The number of para-hydroxylation sites is 1. The van der Waals surface area contributed by atoms with Crippen molar-refractivity contribution in [2.45, 2.75) is 20.3 Å². The van der Waals surface area contributed by atoms with E-state index in [2.05, 4.69) is 10.5 Å². The zero-order valence-electron chi connectivity index (χ0n) is 14.4. The van der Waals surface area contributed by atoms with Crippen LogP contribution in [0.3, 0.4) is 0 Å². The van der Waals surface area contributed by atoms with E-state index in [4.69, 9.17) is 9.47 Å². The van der Waals surface area contributed by atoms with Crippen molar-refractivity contribution >= 4 is 17.5 Å². The number of carbonyl (C=O) groups is 1. The molecule has 0 saturated heterocycles. The summed E-state index contributed by atoms with van der Waals surface area (Å²) in [5, 5.41) is 15.4. The molecule has 0 saturated carbocycles. The van der Waals surface area contributed by atoms with E-state index in [1.165, 1.54) is 7.11 Å². The first kappa shape index (κ1) is 16.8. The summed E-state index contributed by atoms with van der Waals surface area (Å²) in [5.41, 5.74) is 3.65. The monoisotopic (exact) mass is 340 g/mol. The van der Waals surface area contributed by atoms with Crippen LogP contribution in [-0.4, -0.2) is 24.1 Å². The first-order valence-corrected chi connectivity index (χ1v) is 7.98. The average Bonchev–Trinajstić information content (AvgIpc) is 2.63. The van der Waals surface area contributed by atoms with Gasteiger partial charge >= 0.3 is 0 Å². The van der Waals surface area contributed by atoms with Crippen LogP contribution in [0.15, 0.2) is 41.6 Å². The zero-order valence-corrected chi connectivity index (χ0v) is 14.4. The number of fused-ring (bicyclic) bond motifs is 1. The normalized spacial score (nSPS) is 17.6. The lowest BCUT2D eigenvalue weighted by Crippen LogP contribution is -2.37. The molecule has 0 bridgehead atoms. The number of nitrogens with zero attached hydrogens (tertiary/aromatic N) is 1. The van der Waals surface area contributed by atoms with Gasteiger partial charge in [-0.3, -0.25) is 4.79 Å². The third kappa shape index (κ3) is 3.15. The number of nitrogens with one attached hydrogen (secondary N) is 1. The van der Waals surface area contributed by atoms with Gasteiger partial charge < -0.3 is 20.0 Å². The van der Waals surface area contributed by atoms with Gasteiger partial charge in [-0.2, -0.15) is 0 Å². The molecule has 1 aliphatic rings. The van der Waals surface area contributed by atoms with Crippen LogP contribution >= 0.6 is 0 Å². The Labute approximate surface area is 146 Å². The first-order chi connectivity index (χ1) is 12.0. The Morgan fingerprint density at radius 2 is 2.04 bits per heavy atom. The Kier molecular flexibility index (Phi) is 4.61. The standard InChI is InChI=1S/C19H20N2O4/c1-11-6-4-8-15(12(11)2)20-18(22)14-10-13-7-5-9-16(24-3)17(13)25-19(14)21-23/h4-9,14,23H,10H2,1-3H3,(H,20,22)/b21-19-. The van der Waals surface area contributed by atoms with Crippen LogP contribution in [-0.2, 0) is 11.2 Å². The maximum absolute atomic E-state index is 12.8. The number of hydrogen-bond donors (Lipinski definition) is 2. The van der Waals surface area contributed by atoms with Gasteiger partial charge in [0.25, 0.3) is 0 Å². The summed E-state index contributed by atoms with van der Waals surface area (Å²) in [5.74, 6) is -0.0279. The summed E-state index contributed by atoms with van der Waals surface area (Å²) in [7, 11) is 1.54. The summed E-state index contributed by atoms with van der Waals surface area (Å²) in [4.78, 5) is 12.8. The Hall–Kier alpha value is -3.02. The van der Waals surface area contributed by atoms with Gasteiger partial charge in [-0.05, 0) is 43.5 Å². The van der Waals surface area contributed by atoms with Crippen molar-refractivity contribution in [2.24, 2.45) is 11.1 Å². The second kappa shape index (κ2) is 6.84. The molecule has 6 nitrogen and oxygen atoms in total. The molecule has 0 spiro atoms. The van der Waals surface area contributed by atoms with Crippen molar-refractivity contribution < 1.29 is 19.5 Å². The third-order valence-electron chi connectivity index (χ3n) is 4.49. The number of rotatable bonds is 3. The number of aryl methyl sites for hydroxylation is 1. The highest BCUT2D eigenvalue weighted by Crippen LogP contribution is 2.37. The number of anilines is 1. The SMILES string of the molecule is COc1cccc2c1O/C(=N\O)C(C(=O)Nc1cccc(C)c1C)C2. The van der Waals surface area contributed by atoms with Crippen molar-refractivity contribution in [2.75, 3.05) is 12.4 Å². The van der Waals surface area contributed by atoms with Crippen molar-refractivity contribution in [1.29, 1.82) is 0 Å². The molecule has 6 heteroatoms. The Morgan fingerprint density at radius 3 is 2.76 bits per heavy atom. The van der Waals surface area contributed by atoms with E-state index in [1.54, 1.807) is 6.07 Å². The van der Waals surface area contributed by atoms with Gasteiger partial charge in [0.15, 0.2) is 11.5 Å². The molecule has 0 fully saturated rings. The fraction of sp³-hybridized carbons (Fsp3) is 0.263. The largest absolute Gasteiger partial charge is 0.493 e. The second-order valence-electron chi connectivity index (χ2n) is 5.98. The maximum Gasteiger partial charge on any atom is 0.244 e. The molecule has 1 heterocycles. The number of oxime groups is 1. The molecule has 2 aromatic rings. The van der Waals surface area contributed by atoms with Gasteiger partial charge in [-0.25, -0.2) is 0 Å². The highest BCUT2D eigenvalue weighted by atomic mass is 16.5. The molecule has 1 unspecified atom stereocenters. The number of hydrogen-bond acceptors (Lipinski definition) is 5. The minimum atomic E-state index is -0.718. The lowest BCUT2D eigenvalue weighted by atomic mass is 9.94. The van der Waals surface area contributed by atoms with Gasteiger partial charge in [0.1, 0.15) is 5.92 Å². The molecule has 0 aliphatic carbocycles. The molecule has 1 atom stereocenters. The fourth-order valence-corrected chi connectivity index (χ4v) is 2.88. The number of carbonyl (C=O) groups excluding carboxylic acids is 1. The maximum atomic E-state index is 12.8. The second-order valence-corrected chi connectivity index (χ2v) is 5.98. The lowest BCUT2D eigenvalue weighted by Gasteiger charge is -2.26. The van der Waals surface area contributed by atoms with E-state index in [0.29, 0.717) is 17.9 Å². The van der Waals surface area contributed by atoms with Crippen molar-refractivity contribution in [3.63, 3.8) is 0 Å². The summed E-state index contributed by atoms with van der Waals surface area (Å²) < 4.78 is 10.9. The molecule has 1 amide bonds. The topological polar surface area (TPSA) is 80.2 Å². The van der Waals surface area contributed by atoms with E-state index >= 15 is 0 Å². The highest BCUT2D eigenvalue weighted by molar-refractivity contribution is 6.08. The number of methoxy groups -OCH3 is 1. The predicted octanol–water partition coefficient (Wildman–Crippen LogP) is 3.29. The van der Waals surface area contributed by atoms with Crippen LogP contribution in [0.25, 0.3) is 0 Å². The minimum absolute atomic E-state index is 0.0418. The third-order valence-corrected chi connectivity index (χ3v) is 4.49.